The number of para-hydroxylation sites is 1. The van der Waals surface area contributed by atoms with Gasteiger partial charge in [-0.05, 0) is 55.0 Å². The van der Waals surface area contributed by atoms with Crippen LogP contribution in [0.4, 0.5) is 0 Å². The Balaban J connectivity index is 1.46. The lowest BCUT2D eigenvalue weighted by Crippen LogP contribution is -2.23. The number of carbonyl (C=O) groups is 1. The van der Waals surface area contributed by atoms with Gasteiger partial charge in [-0.15, -0.1) is 0 Å². The zero-order valence-corrected chi connectivity index (χ0v) is 16.6. The molecule has 4 rings (SSSR count). The lowest BCUT2D eigenvalue weighted by atomic mass is 9.80. The number of esters is 1. The minimum absolute atomic E-state index is 0.185. The Morgan fingerprint density at radius 2 is 1.93 bits per heavy atom. The molecule has 0 N–H and O–H groups in total. The molecule has 1 aliphatic carbocycles. The number of carbonyl (C=O) groups excluding carboxylic acids is 1. The summed E-state index contributed by atoms with van der Waals surface area (Å²) < 4.78 is 11.0. The van der Waals surface area contributed by atoms with Gasteiger partial charge in [0.1, 0.15) is 12.4 Å². The van der Waals surface area contributed by atoms with Crippen molar-refractivity contribution in [3.63, 3.8) is 0 Å². The number of nitrogens with zero attached hydrogens (tertiary/aromatic N) is 1. The highest BCUT2D eigenvalue weighted by Crippen LogP contribution is 2.34. The predicted octanol–water partition coefficient (Wildman–Crippen LogP) is 5.43. The number of benzene rings is 2. The molecule has 148 valence electrons. The maximum atomic E-state index is 12.4. The van der Waals surface area contributed by atoms with Crippen LogP contribution in [-0.4, -0.2) is 18.1 Å². The number of hydrogen-bond acceptors (Lipinski definition) is 4. The lowest BCUT2D eigenvalue weighted by Gasteiger charge is -2.25. The van der Waals surface area contributed by atoms with Gasteiger partial charge in [0.2, 0.25) is 0 Å². The van der Waals surface area contributed by atoms with Crippen LogP contribution in [0.2, 0.25) is 0 Å². The topological polar surface area (TPSA) is 48.4 Å². The van der Waals surface area contributed by atoms with Crippen molar-refractivity contribution < 1.29 is 14.3 Å². The van der Waals surface area contributed by atoms with Gasteiger partial charge in [-0.1, -0.05) is 48.6 Å². The molecule has 29 heavy (non-hydrogen) atoms. The third-order valence-electron chi connectivity index (χ3n) is 5.46. The zero-order valence-electron chi connectivity index (χ0n) is 16.6. The van der Waals surface area contributed by atoms with E-state index in [-0.39, 0.29) is 17.8 Å². The van der Waals surface area contributed by atoms with Crippen molar-refractivity contribution in [2.45, 2.75) is 31.8 Å². The van der Waals surface area contributed by atoms with E-state index in [1.807, 2.05) is 54.6 Å². The van der Waals surface area contributed by atoms with E-state index < -0.39 is 0 Å². The molecule has 2 atom stereocenters. The van der Waals surface area contributed by atoms with Gasteiger partial charge in [0.15, 0.2) is 0 Å². The van der Waals surface area contributed by atoms with Crippen LogP contribution in [0.3, 0.4) is 0 Å². The minimum atomic E-state index is -0.271. The summed E-state index contributed by atoms with van der Waals surface area (Å²) >= 11 is 0. The van der Waals surface area contributed by atoms with E-state index in [9.17, 15) is 4.79 Å². The maximum absolute atomic E-state index is 12.4. The molecule has 0 aliphatic heterocycles. The number of rotatable bonds is 6. The number of ether oxygens (including phenoxy) is 2. The summed E-state index contributed by atoms with van der Waals surface area (Å²) in [5.41, 5.74) is 2.81. The van der Waals surface area contributed by atoms with E-state index in [4.69, 9.17) is 9.47 Å². The molecule has 1 aliphatic rings. The van der Waals surface area contributed by atoms with Crippen LogP contribution < -0.4 is 4.74 Å². The fourth-order valence-corrected chi connectivity index (χ4v) is 3.92. The molecule has 2 unspecified atom stereocenters. The first-order valence-electron chi connectivity index (χ1n) is 10.1. The second kappa shape index (κ2) is 8.91. The number of fused-ring (bicyclic) bond motifs is 1. The summed E-state index contributed by atoms with van der Waals surface area (Å²) in [4.78, 5) is 17.1. The lowest BCUT2D eigenvalue weighted by molar-refractivity contribution is -0.143. The Labute approximate surface area is 171 Å². The number of hydrogen-bond donors (Lipinski definition) is 0. The van der Waals surface area contributed by atoms with Crippen molar-refractivity contribution in [1.82, 2.24) is 4.98 Å². The van der Waals surface area contributed by atoms with Gasteiger partial charge in [-0.2, -0.15) is 0 Å². The maximum Gasteiger partial charge on any atom is 0.313 e. The van der Waals surface area contributed by atoms with Gasteiger partial charge in [-0.25, -0.2) is 4.98 Å². The van der Waals surface area contributed by atoms with E-state index in [0.29, 0.717) is 6.61 Å². The summed E-state index contributed by atoms with van der Waals surface area (Å²) in [6.07, 6.45) is 7.51. The van der Waals surface area contributed by atoms with Crippen molar-refractivity contribution in [3.8, 4) is 5.75 Å². The molecule has 0 radical (unpaired) electrons. The summed E-state index contributed by atoms with van der Waals surface area (Å²) in [7, 11) is 1.45. The van der Waals surface area contributed by atoms with E-state index >= 15 is 0 Å². The van der Waals surface area contributed by atoms with Crippen molar-refractivity contribution >= 4 is 16.9 Å². The van der Waals surface area contributed by atoms with Crippen molar-refractivity contribution in [1.29, 1.82) is 0 Å². The first-order chi connectivity index (χ1) is 14.2. The van der Waals surface area contributed by atoms with Crippen molar-refractivity contribution in [2.75, 3.05) is 7.11 Å². The predicted molar refractivity (Wildman–Crippen MR) is 114 cm³/mol. The minimum Gasteiger partial charge on any atom is -0.487 e. The van der Waals surface area contributed by atoms with E-state index in [2.05, 4.69) is 23.2 Å². The van der Waals surface area contributed by atoms with Crippen LogP contribution in [0.1, 0.15) is 36.4 Å². The number of methoxy groups -OCH3 is 1. The van der Waals surface area contributed by atoms with Gasteiger partial charge in [0.25, 0.3) is 0 Å². The first kappa shape index (κ1) is 19.2. The first-order valence-corrected chi connectivity index (χ1v) is 10.1. The van der Waals surface area contributed by atoms with Crippen LogP contribution in [0.5, 0.6) is 5.75 Å². The fraction of sp³-hybridized carbons (Fsp3) is 0.280. The molecule has 2 aromatic carbocycles. The molecular formula is C25H25NO3. The Morgan fingerprint density at radius 1 is 1.10 bits per heavy atom. The Bertz CT molecular complexity index is 1010. The molecule has 1 heterocycles. The summed E-state index contributed by atoms with van der Waals surface area (Å²) in [5, 5.41) is 1.12. The van der Waals surface area contributed by atoms with Crippen LogP contribution in [-0.2, 0) is 16.1 Å². The standard InChI is InChI=1S/C25H25NO3/c1-28-25(27)24(19-8-3-2-4-9-19)20-12-15-22(16-13-20)29-17-21-14-11-18-7-5-6-10-23(18)26-21/h3,5-8,10-16,19,24H,2,4,9,17H2,1H3. The second-order valence-corrected chi connectivity index (χ2v) is 7.38. The van der Waals surface area contributed by atoms with Crippen molar-refractivity contribution in [2.24, 2.45) is 5.92 Å². The summed E-state index contributed by atoms with van der Waals surface area (Å²) in [5.74, 6) is 0.486. The van der Waals surface area contributed by atoms with Crippen molar-refractivity contribution in [3.05, 3.63) is 84.1 Å². The van der Waals surface area contributed by atoms with Crippen LogP contribution in [0.15, 0.2) is 72.8 Å². The molecule has 1 aromatic heterocycles. The molecule has 4 nitrogen and oxygen atoms in total. The average molecular weight is 387 g/mol. The molecule has 0 fully saturated rings. The largest absolute Gasteiger partial charge is 0.487 e. The van der Waals surface area contributed by atoms with E-state index in [0.717, 1.165) is 47.2 Å². The SMILES string of the molecule is COC(=O)C(c1ccc(OCc2ccc3ccccc3n2)cc1)C1C=CCCC1. The molecule has 0 bridgehead atoms. The fourth-order valence-electron chi connectivity index (χ4n) is 3.92. The number of pyridine rings is 1. The van der Waals surface area contributed by atoms with Crippen LogP contribution >= 0.6 is 0 Å². The summed E-state index contributed by atoms with van der Waals surface area (Å²) in [6, 6.07) is 19.8. The summed E-state index contributed by atoms with van der Waals surface area (Å²) in [6.45, 7) is 0.399. The van der Waals surface area contributed by atoms with Crippen LogP contribution in [0, 0.1) is 5.92 Å². The van der Waals surface area contributed by atoms with Gasteiger partial charge < -0.3 is 9.47 Å². The Morgan fingerprint density at radius 3 is 2.69 bits per heavy atom. The highest BCUT2D eigenvalue weighted by Gasteiger charge is 2.29. The monoisotopic (exact) mass is 387 g/mol. The smallest absolute Gasteiger partial charge is 0.313 e. The second-order valence-electron chi connectivity index (χ2n) is 7.38. The number of aromatic nitrogens is 1. The van der Waals surface area contributed by atoms with Crippen LogP contribution in [0.25, 0.3) is 10.9 Å². The Hall–Kier alpha value is -3.14. The molecule has 4 heteroatoms. The normalized spacial score (nSPS) is 17.1. The molecule has 0 spiro atoms. The highest BCUT2D eigenvalue weighted by molar-refractivity contribution is 5.79. The quantitative estimate of drug-likeness (QED) is 0.418. The number of allylic oxidation sites excluding steroid dienone is 2. The third kappa shape index (κ3) is 4.48. The highest BCUT2D eigenvalue weighted by atomic mass is 16.5. The average Bonchev–Trinajstić information content (AvgIpc) is 2.79. The van der Waals surface area contributed by atoms with E-state index in [1.165, 1.54) is 7.11 Å². The van der Waals surface area contributed by atoms with Gasteiger partial charge in [0, 0.05) is 5.39 Å². The molecule has 0 amide bonds. The molecule has 0 saturated heterocycles. The molecule has 0 saturated carbocycles. The third-order valence-corrected chi connectivity index (χ3v) is 5.46. The molecular weight excluding hydrogens is 362 g/mol. The van der Waals surface area contributed by atoms with Gasteiger partial charge in [0.05, 0.1) is 24.2 Å². The molecule has 3 aromatic rings. The van der Waals surface area contributed by atoms with Gasteiger partial charge in [-0.3, -0.25) is 4.79 Å². The van der Waals surface area contributed by atoms with E-state index in [1.54, 1.807) is 0 Å². The Kier molecular flexibility index (Phi) is 5.89. The zero-order chi connectivity index (χ0) is 20.1. The van der Waals surface area contributed by atoms with Gasteiger partial charge >= 0.3 is 5.97 Å².